The average molecular weight is 700 g/mol. The highest BCUT2D eigenvalue weighted by atomic mass is 35.5. The fourth-order valence-electron chi connectivity index (χ4n) is 5.65. The number of aromatic nitrogens is 4. The van der Waals surface area contributed by atoms with E-state index in [9.17, 15) is 34.2 Å². The van der Waals surface area contributed by atoms with Gasteiger partial charge in [0.15, 0.2) is 23.6 Å². The maximum atomic E-state index is 12.6. The number of nitrogens with zero attached hydrogens (tertiary/aromatic N) is 5. The van der Waals surface area contributed by atoms with E-state index in [0.29, 0.717) is 25.2 Å². The summed E-state index contributed by atoms with van der Waals surface area (Å²) in [4.78, 5) is 74.7. The molecule has 258 valence electrons. The first-order valence-electron chi connectivity index (χ1n) is 14.7. The van der Waals surface area contributed by atoms with Crippen molar-refractivity contribution in [2.45, 2.75) is 50.7 Å². The van der Waals surface area contributed by atoms with E-state index in [2.05, 4.69) is 26.2 Å². The summed E-state index contributed by atoms with van der Waals surface area (Å²) in [6, 6.07) is 4.02. The van der Waals surface area contributed by atoms with Crippen LogP contribution >= 0.6 is 11.6 Å². The molecule has 18 nitrogen and oxygen atoms in total. The molecular formula is C30H30ClN7O11. The first kappa shape index (κ1) is 34.7. The molecule has 19 heteroatoms. The zero-order chi connectivity index (χ0) is 35.6. The summed E-state index contributed by atoms with van der Waals surface area (Å²) < 4.78 is 25.0. The zero-order valence-electron chi connectivity index (χ0n) is 26.0. The number of hydrogen-bond acceptors (Lipinski definition) is 13. The van der Waals surface area contributed by atoms with Crippen molar-refractivity contribution in [1.29, 1.82) is 0 Å². The van der Waals surface area contributed by atoms with Crippen LogP contribution in [-0.4, -0.2) is 97.1 Å². The molecular weight excluding hydrogens is 670 g/mol. The molecule has 0 spiro atoms. The predicted octanol–water partition coefficient (Wildman–Crippen LogP) is 1.15. The number of halogens is 1. The number of urea groups is 1. The predicted molar refractivity (Wildman–Crippen MR) is 167 cm³/mol. The molecule has 2 amide bonds. The summed E-state index contributed by atoms with van der Waals surface area (Å²) in [6.07, 6.45) is 3.12. The van der Waals surface area contributed by atoms with Crippen molar-refractivity contribution in [1.82, 2.24) is 24.8 Å². The molecule has 0 aliphatic carbocycles. The number of anilines is 2. The number of fused-ring (bicyclic) bond motifs is 1. The second-order valence-corrected chi connectivity index (χ2v) is 11.4. The lowest BCUT2D eigenvalue weighted by Gasteiger charge is -2.32. The molecule has 2 aliphatic heterocycles. The van der Waals surface area contributed by atoms with Gasteiger partial charge in [-0.05, 0) is 36.1 Å². The van der Waals surface area contributed by atoms with Crippen molar-refractivity contribution in [3.05, 3.63) is 35.4 Å². The van der Waals surface area contributed by atoms with Gasteiger partial charge in [-0.1, -0.05) is 12.0 Å². The summed E-state index contributed by atoms with van der Waals surface area (Å²) in [6.45, 7) is 2.50. The largest absolute Gasteiger partial charge is 0.490 e. The van der Waals surface area contributed by atoms with E-state index >= 15 is 0 Å². The van der Waals surface area contributed by atoms with Gasteiger partial charge >= 0.3 is 29.9 Å². The maximum absolute atomic E-state index is 12.6. The molecule has 5 rings (SSSR count). The molecule has 4 heterocycles. The van der Waals surface area contributed by atoms with Gasteiger partial charge in [0.1, 0.15) is 24.0 Å². The minimum atomic E-state index is -2.13. The number of ether oxygens (including phenoxy) is 4. The second kappa shape index (κ2) is 13.8. The van der Waals surface area contributed by atoms with E-state index in [1.165, 1.54) is 34.0 Å². The second-order valence-electron chi connectivity index (χ2n) is 11.1. The number of nitrogens with two attached hydrogens (primary N) is 1. The number of nitrogens with one attached hydrogen (secondary N) is 1. The van der Waals surface area contributed by atoms with E-state index in [-0.39, 0.29) is 39.6 Å². The normalized spacial score (nSPS) is 22.0. The Hall–Kier alpha value is -5.67. The summed E-state index contributed by atoms with van der Waals surface area (Å²) in [5, 5.41) is 21.6. The van der Waals surface area contributed by atoms with Crippen LogP contribution in [0.2, 0.25) is 5.28 Å². The Kier molecular flexibility index (Phi) is 9.78. The Morgan fingerprint density at radius 3 is 2.59 bits per heavy atom. The fourth-order valence-corrected chi connectivity index (χ4v) is 5.82. The number of esters is 2. The third-order valence-electron chi connectivity index (χ3n) is 7.84. The molecule has 49 heavy (non-hydrogen) atoms. The number of carbonyl (C=O) groups excluding carboxylic acids is 3. The Morgan fingerprint density at radius 2 is 1.96 bits per heavy atom. The van der Waals surface area contributed by atoms with Crippen molar-refractivity contribution in [2.24, 2.45) is 5.92 Å². The lowest BCUT2D eigenvalue weighted by molar-refractivity contribution is -0.174. The Balaban J connectivity index is 1.57. The Bertz CT molecular complexity index is 1860. The van der Waals surface area contributed by atoms with E-state index in [1.54, 1.807) is 0 Å². The van der Waals surface area contributed by atoms with Crippen molar-refractivity contribution in [3.8, 4) is 18.1 Å². The van der Waals surface area contributed by atoms with Gasteiger partial charge in [0.05, 0.1) is 6.33 Å². The number of terminal acetylenes is 1. The van der Waals surface area contributed by atoms with Crippen molar-refractivity contribution in [2.75, 3.05) is 30.3 Å². The number of carboxylic acid groups (broad SMARTS) is 2. The molecule has 2 aromatic heterocycles. The molecule has 2 saturated heterocycles. The number of nitrogen functional groups attached to an aromatic ring is 1. The van der Waals surface area contributed by atoms with Gasteiger partial charge in [0.2, 0.25) is 17.0 Å². The highest BCUT2D eigenvalue weighted by Gasteiger charge is 2.62. The number of amides is 2. The van der Waals surface area contributed by atoms with Gasteiger partial charge in [0, 0.05) is 38.7 Å². The number of benzene rings is 1. The van der Waals surface area contributed by atoms with Crippen molar-refractivity contribution < 1.29 is 53.1 Å². The fraction of sp³-hybridized carbons (Fsp3) is 0.400. The molecule has 0 unspecified atom stereocenters. The van der Waals surface area contributed by atoms with Crippen LogP contribution in [0.3, 0.4) is 0 Å². The van der Waals surface area contributed by atoms with Crippen LogP contribution in [0.1, 0.15) is 32.1 Å². The van der Waals surface area contributed by atoms with E-state index < -0.39 is 66.9 Å². The highest BCUT2D eigenvalue weighted by molar-refractivity contribution is 6.28. The smallest absolute Gasteiger partial charge is 0.321 e. The van der Waals surface area contributed by atoms with Gasteiger partial charge in [-0.25, -0.2) is 9.78 Å². The highest BCUT2D eigenvalue weighted by Crippen LogP contribution is 2.44. The zero-order valence-corrected chi connectivity index (χ0v) is 26.7. The molecule has 0 radical (unpaired) electrons. The van der Waals surface area contributed by atoms with Gasteiger partial charge in [-0.2, -0.15) is 9.97 Å². The van der Waals surface area contributed by atoms with E-state index in [0.717, 1.165) is 13.8 Å². The van der Waals surface area contributed by atoms with Gasteiger partial charge in [-0.3, -0.25) is 28.6 Å². The molecule has 0 saturated carbocycles. The number of rotatable bonds is 11. The van der Waals surface area contributed by atoms with Crippen LogP contribution in [-0.2, 0) is 39.8 Å². The molecule has 2 fully saturated rings. The lowest BCUT2D eigenvalue weighted by Crippen LogP contribution is -2.53. The van der Waals surface area contributed by atoms with Gasteiger partial charge < -0.3 is 40.2 Å². The Labute approximate surface area is 282 Å². The first-order chi connectivity index (χ1) is 23.2. The molecule has 5 N–H and O–H groups in total. The number of imidazole rings is 1. The summed E-state index contributed by atoms with van der Waals surface area (Å²) in [5.41, 5.74) is 4.56. The molecule has 3 aromatic rings. The first-order valence-corrected chi connectivity index (χ1v) is 15.1. The van der Waals surface area contributed by atoms with Crippen molar-refractivity contribution in [3.63, 3.8) is 0 Å². The summed E-state index contributed by atoms with van der Waals surface area (Å²) >= 11 is 6.05. The average Bonchev–Trinajstić information content (AvgIpc) is 3.57. The summed E-state index contributed by atoms with van der Waals surface area (Å²) in [5.74, 6) is -4.36. The van der Waals surface area contributed by atoms with Crippen LogP contribution in [0, 0.1) is 18.3 Å². The summed E-state index contributed by atoms with van der Waals surface area (Å²) in [7, 11) is 0. The van der Waals surface area contributed by atoms with Crippen LogP contribution in [0.25, 0.3) is 11.2 Å². The quantitative estimate of drug-likeness (QED) is 0.0948. The minimum absolute atomic E-state index is 0.0198. The molecule has 0 bridgehead atoms. The van der Waals surface area contributed by atoms with Crippen LogP contribution < -0.4 is 20.7 Å². The van der Waals surface area contributed by atoms with E-state index in [1.807, 2.05) is 0 Å². The maximum Gasteiger partial charge on any atom is 0.321 e. The third-order valence-corrected chi connectivity index (χ3v) is 8.01. The SMILES string of the molecule is C#C[C@@]1(OC(C)=O)[C@@H](COc2cc(N3CCCNC3=O)ccc2CC(C(=O)O)C(=O)O)O[C@@H](n2cnc3c(N)nc(Cl)nc32)[C@@H]1OC(C)=O. The molecule has 1 aromatic carbocycles. The lowest BCUT2D eigenvalue weighted by atomic mass is 9.92. The minimum Gasteiger partial charge on any atom is -0.490 e. The van der Waals surface area contributed by atoms with Crippen molar-refractivity contribution >= 4 is 64.2 Å². The van der Waals surface area contributed by atoms with Crippen LogP contribution in [0.4, 0.5) is 16.3 Å². The van der Waals surface area contributed by atoms with E-state index in [4.69, 9.17) is 42.7 Å². The van der Waals surface area contributed by atoms with Crippen LogP contribution in [0.15, 0.2) is 24.5 Å². The van der Waals surface area contributed by atoms with Crippen LogP contribution in [0.5, 0.6) is 5.75 Å². The number of carboxylic acids is 2. The van der Waals surface area contributed by atoms with Gasteiger partial charge in [0.25, 0.3) is 0 Å². The van der Waals surface area contributed by atoms with Gasteiger partial charge in [-0.15, -0.1) is 6.42 Å². The number of aliphatic carboxylic acids is 2. The Morgan fingerprint density at radius 1 is 1.22 bits per heavy atom. The number of hydrogen-bond donors (Lipinski definition) is 4. The molecule has 2 aliphatic rings. The third kappa shape index (κ3) is 6.84. The standard InChI is InChI=1S/C30H30ClN7O11/c1-4-30(49-15(3)40)20(48-25(22(30)47-14(2)39)38-13-34-21-23(32)35-28(31)36-24(21)38)12-46-19-11-17(37-9-5-8-33-29(37)45)7-6-16(19)10-18(26(41)42)27(43)44/h1,6-7,11,13,18,20,22,25H,5,8-10,12H2,2-3H3,(H,33,45)(H,41,42)(H,43,44)(H2,32,35,36)/t20-,22+,25-,30-/m1/s1. The number of carbonyl (C=O) groups is 5. The monoisotopic (exact) mass is 699 g/mol. The molecule has 4 atom stereocenters. The topological polar surface area (TPSA) is 248 Å².